The van der Waals surface area contributed by atoms with Gasteiger partial charge in [-0.25, -0.2) is 0 Å². The summed E-state index contributed by atoms with van der Waals surface area (Å²) >= 11 is 0. The molecule has 1 amide bonds. The molecule has 1 saturated heterocycles. The number of hydrogen-bond donors (Lipinski definition) is 1. The summed E-state index contributed by atoms with van der Waals surface area (Å²) in [6.07, 6.45) is 4.82. The van der Waals surface area contributed by atoms with Crippen molar-refractivity contribution in [3.63, 3.8) is 0 Å². The SMILES string of the molecule is CN(C(=O)CN1CC2CCC(N)C2C1)C1CC1. The second kappa shape index (κ2) is 4.25. The molecular weight excluding hydrogens is 214 g/mol. The van der Waals surface area contributed by atoms with E-state index in [4.69, 9.17) is 5.73 Å². The van der Waals surface area contributed by atoms with E-state index in [2.05, 4.69) is 4.90 Å². The van der Waals surface area contributed by atoms with Gasteiger partial charge in [-0.15, -0.1) is 0 Å². The number of likely N-dealkylation sites (tertiary alicyclic amines) is 1. The Bertz CT molecular complexity index is 316. The first-order chi connectivity index (χ1) is 8.15. The van der Waals surface area contributed by atoms with Gasteiger partial charge in [0.15, 0.2) is 0 Å². The van der Waals surface area contributed by atoms with Crippen LogP contribution in [0, 0.1) is 11.8 Å². The minimum Gasteiger partial charge on any atom is -0.342 e. The second-order valence-electron chi connectivity index (χ2n) is 6.10. The highest BCUT2D eigenvalue weighted by Crippen LogP contribution is 2.37. The quantitative estimate of drug-likeness (QED) is 0.767. The summed E-state index contributed by atoms with van der Waals surface area (Å²) in [5.41, 5.74) is 6.11. The zero-order chi connectivity index (χ0) is 12.0. The van der Waals surface area contributed by atoms with Crippen LogP contribution in [0.5, 0.6) is 0 Å². The summed E-state index contributed by atoms with van der Waals surface area (Å²) in [5, 5.41) is 0. The van der Waals surface area contributed by atoms with Gasteiger partial charge in [0.2, 0.25) is 5.91 Å². The summed E-state index contributed by atoms with van der Waals surface area (Å²) in [6, 6.07) is 0.910. The van der Waals surface area contributed by atoms with Gasteiger partial charge in [-0.1, -0.05) is 0 Å². The van der Waals surface area contributed by atoms with Gasteiger partial charge < -0.3 is 10.6 Å². The van der Waals surface area contributed by atoms with Crippen molar-refractivity contribution >= 4 is 5.91 Å². The molecule has 0 spiro atoms. The van der Waals surface area contributed by atoms with Crippen LogP contribution >= 0.6 is 0 Å². The van der Waals surface area contributed by atoms with Crippen LogP contribution < -0.4 is 5.73 Å². The third-order valence-electron chi connectivity index (χ3n) is 4.83. The topological polar surface area (TPSA) is 49.6 Å². The van der Waals surface area contributed by atoms with Crippen molar-refractivity contribution in [3.8, 4) is 0 Å². The van der Waals surface area contributed by atoms with Gasteiger partial charge in [0.05, 0.1) is 6.54 Å². The number of nitrogens with two attached hydrogens (primary N) is 1. The van der Waals surface area contributed by atoms with Crippen LogP contribution in [0.25, 0.3) is 0 Å². The molecule has 0 aromatic carbocycles. The molecule has 3 fully saturated rings. The molecule has 0 radical (unpaired) electrons. The molecule has 2 aliphatic carbocycles. The zero-order valence-electron chi connectivity index (χ0n) is 10.6. The van der Waals surface area contributed by atoms with Crippen molar-refractivity contribution in [1.29, 1.82) is 0 Å². The highest BCUT2D eigenvalue weighted by Gasteiger charge is 2.41. The van der Waals surface area contributed by atoms with E-state index in [1.807, 2.05) is 11.9 Å². The van der Waals surface area contributed by atoms with Gasteiger partial charge in [0.1, 0.15) is 0 Å². The van der Waals surface area contributed by atoms with E-state index in [1.54, 1.807) is 0 Å². The minimum atomic E-state index is 0.293. The lowest BCUT2D eigenvalue weighted by atomic mass is 9.98. The number of fused-ring (bicyclic) bond motifs is 1. The lowest BCUT2D eigenvalue weighted by molar-refractivity contribution is -0.131. The average molecular weight is 237 g/mol. The molecule has 1 aliphatic heterocycles. The van der Waals surface area contributed by atoms with Gasteiger partial charge in [-0.3, -0.25) is 9.69 Å². The molecule has 17 heavy (non-hydrogen) atoms. The Morgan fingerprint density at radius 3 is 2.71 bits per heavy atom. The van der Waals surface area contributed by atoms with Crippen molar-refractivity contribution in [2.24, 2.45) is 17.6 Å². The predicted octanol–water partition coefficient (Wildman–Crippen LogP) is 0.276. The van der Waals surface area contributed by atoms with E-state index < -0.39 is 0 Å². The van der Waals surface area contributed by atoms with Crippen molar-refractivity contribution < 1.29 is 4.79 Å². The van der Waals surface area contributed by atoms with E-state index in [0.29, 0.717) is 30.5 Å². The van der Waals surface area contributed by atoms with Crippen molar-refractivity contribution in [1.82, 2.24) is 9.80 Å². The van der Waals surface area contributed by atoms with Crippen molar-refractivity contribution in [2.45, 2.75) is 37.8 Å². The first-order valence-corrected chi connectivity index (χ1v) is 6.88. The molecule has 3 aliphatic rings. The molecule has 0 aromatic rings. The maximum Gasteiger partial charge on any atom is 0.236 e. The number of amides is 1. The maximum absolute atomic E-state index is 12.0. The zero-order valence-corrected chi connectivity index (χ0v) is 10.6. The van der Waals surface area contributed by atoms with E-state index >= 15 is 0 Å². The Hall–Kier alpha value is -0.610. The molecule has 1 heterocycles. The summed E-state index contributed by atoms with van der Waals surface area (Å²) in [5.74, 6) is 1.69. The van der Waals surface area contributed by atoms with E-state index in [1.165, 1.54) is 25.7 Å². The number of likely N-dealkylation sites (N-methyl/N-ethyl adjacent to an activating group) is 1. The summed E-state index contributed by atoms with van der Waals surface area (Å²) in [6.45, 7) is 2.73. The fourth-order valence-corrected chi connectivity index (χ4v) is 3.50. The number of hydrogen-bond acceptors (Lipinski definition) is 3. The molecule has 3 unspecified atom stereocenters. The molecule has 96 valence electrons. The van der Waals surface area contributed by atoms with E-state index in [-0.39, 0.29) is 0 Å². The van der Waals surface area contributed by atoms with Crippen LogP contribution in [-0.2, 0) is 4.79 Å². The lowest BCUT2D eigenvalue weighted by Gasteiger charge is -2.22. The third-order valence-corrected chi connectivity index (χ3v) is 4.83. The maximum atomic E-state index is 12.0. The molecule has 0 aromatic heterocycles. The molecule has 3 atom stereocenters. The number of carbonyl (C=O) groups excluding carboxylic acids is 1. The van der Waals surface area contributed by atoms with Gasteiger partial charge in [0, 0.05) is 32.2 Å². The van der Waals surface area contributed by atoms with Crippen LogP contribution in [0.1, 0.15) is 25.7 Å². The van der Waals surface area contributed by atoms with Gasteiger partial charge in [-0.05, 0) is 37.5 Å². The number of nitrogens with zero attached hydrogens (tertiary/aromatic N) is 2. The Labute approximate surface area is 103 Å². The van der Waals surface area contributed by atoms with Crippen molar-refractivity contribution in [2.75, 3.05) is 26.7 Å². The molecule has 4 nitrogen and oxygen atoms in total. The molecule has 4 heteroatoms. The Kier molecular flexibility index (Phi) is 2.87. The Morgan fingerprint density at radius 1 is 1.29 bits per heavy atom. The molecule has 3 rings (SSSR count). The smallest absolute Gasteiger partial charge is 0.236 e. The van der Waals surface area contributed by atoms with Gasteiger partial charge in [0.25, 0.3) is 0 Å². The standard InChI is InChI=1S/C13H23N3O/c1-15(10-3-4-10)13(17)8-16-6-9-2-5-12(14)11(9)7-16/h9-12H,2-8,14H2,1H3. The summed E-state index contributed by atoms with van der Waals surface area (Å²) < 4.78 is 0. The monoisotopic (exact) mass is 237 g/mol. The van der Waals surface area contributed by atoms with Crippen LogP contribution in [-0.4, -0.2) is 54.5 Å². The fourth-order valence-electron chi connectivity index (χ4n) is 3.50. The van der Waals surface area contributed by atoms with Crippen LogP contribution in [0.4, 0.5) is 0 Å². The fraction of sp³-hybridized carbons (Fsp3) is 0.923. The number of carbonyl (C=O) groups is 1. The predicted molar refractivity (Wildman–Crippen MR) is 66.4 cm³/mol. The normalized spacial score (nSPS) is 37.2. The highest BCUT2D eigenvalue weighted by atomic mass is 16.2. The summed E-state index contributed by atoms with van der Waals surface area (Å²) in [4.78, 5) is 16.3. The van der Waals surface area contributed by atoms with Crippen LogP contribution in [0.15, 0.2) is 0 Å². The van der Waals surface area contributed by atoms with Gasteiger partial charge >= 0.3 is 0 Å². The lowest BCUT2D eigenvalue weighted by Crippen LogP contribution is -2.39. The van der Waals surface area contributed by atoms with Crippen LogP contribution in [0.3, 0.4) is 0 Å². The minimum absolute atomic E-state index is 0.293. The first-order valence-electron chi connectivity index (χ1n) is 6.88. The average Bonchev–Trinajstić information content (AvgIpc) is 2.99. The van der Waals surface area contributed by atoms with Crippen molar-refractivity contribution in [3.05, 3.63) is 0 Å². The Balaban J connectivity index is 1.52. The van der Waals surface area contributed by atoms with E-state index in [0.717, 1.165) is 19.0 Å². The third kappa shape index (κ3) is 2.20. The van der Waals surface area contributed by atoms with Crippen LogP contribution in [0.2, 0.25) is 0 Å². The number of rotatable bonds is 3. The summed E-state index contributed by atoms with van der Waals surface area (Å²) in [7, 11) is 1.95. The first kappa shape index (κ1) is 11.5. The molecule has 2 N–H and O–H groups in total. The van der Waals surface area contributed by atoms with E-state index in [9.17, 15) is 4.79 Å². The molecular formula is C13H23N3O. The molecule has 2 saturated carbocycles. The largest absolute Gasteiger partial charge is 0.342 e. The Morgan fingerprint density at radius 2 is 2.06 bits per heavy atom. The van der Waals surface area contributed by atoms with Gasteiger partial charge in [-0.2, -0.15) is 0 Å². The second-order valence-corrected chi connectivity index (χ2v) is 6.10. The highest BCUT2D eigenvalue weighted by molar-refractivity contribution is 5.78. The molecule has 0 bridgehead atoms.